The van der Waals surface area contributed by atoms with Gasteiger partial charge in [-0.25, -0.2) is 0 Å². The highest BCUT2D eigenvalue weighted by Crippen LogP contribution is 2.26. The Morgan fingerprint density at radius 1 is 0.971 bits per heavy atom. The number of rotatable bonds is 6. The average Bonchev–Trinajstić information content (AvgIpc) is 2.85. The second-order valence-electron chi connectivity index (χ2n) is 9.09. The van der Waals surface area contributed by atoms with Crippen LogP contribution in [0.15, 0.2) is 54.6 Å². The van der Waals surface area contributed by atoms with Crippen molar-refractivity contribution in [1.82, 2.24) is 9.80 Å². The van der Waals surface area contributed by atoms with Gasteiger partial charge < -0.3 is 15.0 Å². The molecule has 1 saturated heterocycles. The van der Waals surface area contributed by atoms with Gasteiger partial charge in [0.2, 0.25) is 11.8 Å². The highest BCUT2D eigenvalue weighted by atomic mass is 16.5. The van der Waals surface area contributed by atoms with E-state index in [-0.39, 0.29) is 17.7 Å². The van der Waals surface area contributed by atoms with E-state index in [1.807, 2.05) is 74.2 Å². The summed E-state index contributed by atoms with van der Waals surface area (Å²) in [5.74, 6) is 0.720. The molecule has 6 heteroatoms. The SMILES string of the molecule is COc1ccc2cc(C(C)C(=O)N3CCN(CC(=O)Nc4cccc(C)c4C)CC3)ccc2c1. The van der Waals surface area contributed by atoms with Gasteiger partial charge in [-0.15, -0.1) is 0 Å². The number of benzene rings is 3. The molecule has 1 fully saturated rings. The van der Waals surface area contributed by atoms with Crippen molar-refractivity contribution in [3.05, 3.63) is 71.3 Å². The fourth-order valence-corrected chi connectivity index (χ4v) is 4.46. The normalized spacial score (nSPS) is 15.2. The first-order valence-corrected chi connectivity index (χ1v) is 11.8. The Morgan fingerprint density at radius 2 is 1.68 bits per heavy atom. The second kappa shape index (κ2) is 10.3. The Hall–Kier alpha value is -3.38. The third-order valence-electron chi connectivity index (χ3n) is 6.87. The summed E-state index contributed by atoms with van der Waals surface area (Å²) in [5, 5.41) is 5.21. The number of aryl methyl sites for hydroxylation is 1. The van der Waals surface area contributed by atoms with Crippen LogP contribution in [0, 0.1) is 13.8 Å². The van der Waals surface area contributed by atoms with Gasteiger partial charge in [0.15, 0.2) is 0 Å². The molecule has 0 aromatic heterocycles. The highest BCUT2D eigenvalue weighted by Gasteiger charge is 2.26. The maximum atomic E-state index is 13.2. The van der Waals surface area contributed by atoms with E-state index in [4.69, 9.17) is 4.74 Å². The zero-order valence-corrected chi connectivity index (χ0v) is 20.4. The maximum Gasteiger partial charge on any atom is 0.238 e. The van der Waals surface area contributed by atoms with Gasteiger partial charge in [0.1, 0.15) is 5.75 Å². The van der Waals surface area contributed by atoms with Crippen LogP contribution < -0.4 is 10.1 Å². The van der Waals surface area contributed by atoms with Gasteiger partial charge in [0.05, 0.1) is 19.6 Å². The molecular formula is C28H33N3O3. The number of nitrogens with one attached hydrogen (secondary N) is 1. The lowest BCUT2D eigenvalue weighted by molar-refractivity contribution is -0.134. The van der Waals surface area contributed by atoms with Gasteiger partial charge in [0, 0.05) is 31.9 Å². The van der Waals surface area contributed by atoms with E-state index in [1.54, 1.807) is 7.11 Å². The zero-order valence-electron chi connectivity index (χ0n) is 20.4. The van der Waals surface area contributed by atoms with E-state index in [9.17, 15) is 9.59 Å². The van der Waals surface area contributed by atoms with Gasteiger partial charge in [-0.1, -0.05) is 36.4 Å². The van der Waals surface area contributed by atoms with Crippen LogP contribution in [0.1, 0.15) is 29.5 Å². The van der Waals surface area contributed by atoms with Crippen molar-refractivity contribution in [2.45, 2.75) is 26.7 Å². The molecular weight excluding hydrogens is 426 g/mol. The average molecular weight is 460 g/mol. The number of hydrogen-bond donors (Lipinski definition) is 1. The molecule has 6 nitrogen and oxygen atoms in total. The summed E-state index contributed by atoms with van der Waals surface area (Å²) in [7, 11) is 1.66. The maximum absolute atomic E-state index is 13.2. The molecule has 3 aromatic rings. The summed E-state index contributed by atoms with van der Waals surface area (Å²) >= 11 is 0. The standard InChI is InChI=1S/C28H33N3O3/c1-19-6-5-7-26(20(19)2)29-27(32)18-30-12-14-31(15-13-30)28(33)21(3)22-8-9-24-17-25(34-4)11-10-23(24)16-22/h5-11,16-17,21H,12-15,18H2,1-4H3,(H,29,32). The van der Waals surface area contributed by atoms with Gasteiger partial charge in [-0.3, -0.25) is 14.5 Å². The minimum Gasteiger partial charge on any atom is -0.497 e. The predicted molar refractivity (Wildman–Crippen MR) is 136 cm³/mol. The molecule has 178 valence electrons. The Kier molecular flexibility index (Phi) is 7.17. The second-order valence-corrected chi connectivity index (χ2v) is 9.09. The van der Waals surface area contributed by atoms with Crippen molar-refractivity contribution in [2.24, 2.45) is 0 Å². The molecule has 2 amide bonds. The molecule has 0 saturated carbocycles. The highest BCUT2D eigenvalue weighted by molar-refractivity contribution is 5.93. The lowest BCUT2D eigenvalue weighted by Crippen LogP contribution is -2.51. The Labute approximate surface area is 201 Å². The van der Waals surface area contributed by atoms with Gasteiger partial charge in [0.25, 0.3) is 0 Å². The summed E-state index contributed by atoms with van der Waals surface area (Å²) in [6, 6.07) is 18.0. The Bertz CT molecular complexity index is 1200. The fraction of sp³-hybridized carbons (Fsp3) is 0.357. The molecule has 4 rings (SSSR count). The first kappa shape index (κ1) is 23.8. The minimum atomic E-state index is -0.217. The number of ether oxygens (including phenoxy) is 1. The number of nitrogens with zero attached hydrogens (tertiary/aromatic N) is 2. The summed E-state index contributed by atoms with van der Waals surface area (Å²) in [6.45, 7) is 9.00. The number of fused-ring (bicyclic) bond motifs is 1. The lowest BCUT2D eigenvalue weighted by atomic mass is 9.96. The van der Waals surface area contributed by atoms with E-state index in [1.165, 1.54) is 0 Å². The van der Waals surface area contributed by atoms with Crippen molar-refractivity contribution >= 4 is 28.3 Å². The van der Waals surface area contributed by atoms with Gasteiger partial charge >= 0.3 is 0 Å². The topological polar surface area (TPSA) is 61.9 Å². The van der Waals surface area contributed by atoms with Gasteiger partial charge in [-0.2, -0.15) is 0 Å². The summed E-state index contributed by atoms with van der Waals surface area (Å²) in [5.41, 5.74) is 4.12. The quantitative estimate of drug-likeness (QED) is 0.595. The van der Waals surface area contributed by atoms with Crippen LogP contribution in [0.4, 0.5) is 5.69 Å². The first-order valence-electron chi connectivity index (χ1n) is 11.8. The predicted octanol–water partition coefficient (Wildman–Crippen LogP) is 4.35. The minimum absolute atomic E-state index is 0.0189. The number of anilines is 1. The summed E-state index contributed by atoms with van der Waals surface area (Å²) in [6.07, 6.45) is 0. The molecule has 0 spiro atoms. The molecule has 1 unspecified atom stereocenters. The van der Waals surface area contributed by atoms with E-state index < -0.39 is 0 Å². The summed E-state index contributed by atoms with van der Waals surface area (Å²) < 4.78 is 5.30. The van der Waals surface area contributed by atoms with Crippen molar-refractivity contribution in [3.63, 3.8) is 0 Å². The molecule has 1 aliphatic rings. The van der Waals surface area contributed by atoms with Crippen LogP contribution in [-0.4, -0.2) is 61.4 Å². The first-order chi connectivity index (χ1) is 16.4. The Balaban J connectivity index is 1.32. The van der Waals surface area contributed by atoms with Crippen LogP contribution in [0.3, 0.4) is 0 Å². The number of piperazine rings is 1. The van der Waals surface area contributed by atoms with Crippen LogP contribution in [0.2, 0.25) is 0 Å². The number of methoxy groups -OCH3 is 1. The monoisotopic (exact) mass is 459 g/mol. The zero-order chi connectivity index (χ0) is 24.2. The van der Waals surface area contributed by atoms with Crippen molar-refractivity contribution < 1.29 is 14.3 Å². The fourth-order valence-electron chi connectivity index (χ4n) is 4.46. The third kappa shape index (κ3) is 5.23. The van der Waals surface area contributed by atoms with Crippen molar-refractivity contribution in [3.8, 4) is 5.75 Å². The number of carbonyl (C=O) groups is 2. The van der Waals surface area contributed by atoms with Crippen LogP contribution in [0.5, 0.6) is 5.75 Å². The molecule has 1 heterocycles. The van der Waals surface area contributed by atoms with Crippen LogP contribution >= 0.6 is 0 Å². The van der Waals surface area contributed by atoms with Gasteiger partial charge in [-0.05, 0) is 66.4 Å². The molecule has 0 aliphatic carbocycles. The number of hydrogen-bond acceptors (Lipinski definition) is 4. The Morgan fingerprint density at radius 3 is 2.41 bits per heavy atom. The largest absolute Gasteiger partial charge is 0.497 e. The van der Waals surface area contributed by atoms with Crippen molar-refractivity contribution in [1.29, 1.82) is 0 Å². The van der Waals surface area contributed by atoms with Crippen LogP contribution in [-0.2, 0) is 9.59 Å². The van der Waals surface area contributed by atoms with Crippen molar-refractivity contribution in [2.75, 3.05) is 45.2 Å². The molecule has 0 radical (unpaired) electrons. The molecule has 3 aromatic carbocycles. The molecule has 1 aliphatic heterocycles. The van der Waals surface area contributed by atoms with E-state index in [2.05, 4.69) is 16.3 Å². The molecule has 34 heavy (non-hydrogen) atoms. The van der Waals surface area contributed by atoms with E-state index in [0.717, 1.165) is 38.9 Å². The summed E-state index contributed by atoms with van der Waals surface area (Å²) in [4.78, 5) is 29.8. The molecule has 1 N–H and O–H groups in total. The molecule has 0 bridgehead atoms. The smallest absolute Gasteiger partial charge is 0.238 e. The lowest BCUT2D eigenvalue weighted by Gasteiger charge is -2.35. The number of carbonyl (C=O) groups excluding carboxylic acids is 2. The number of amides is 2. The van der Waals surface area contributed by atoms with Crippen LogP contribution in [0.25, 0.3) is 10.8 Å². The third-order valence-corrected chi connectivity index (χ3v) is 6.87. The van der Waals surface area contributed by atoms with E-state index in [0.29, 0.717) is 32.7 Å². The van der Waals surface area contributed by atoms with E-state index >= 15 is 0 Å². The molecule has 1 atom stereocenters.